The molecule has 1 saturated carbocycles. The molecular weight excluding hydrogens is 232 g/mol. The molecule has 1 aliphatic rings. The number of rotatable bonds is 4. The third-order valence-electron chi connectivity index (χ3n) is 3.53. The summed E-state index contributed by atoms with van der Waals surface area (Å²) in [5.41, 5.74) is 4.98. The van der Waals surface area contributed by atoms with Crippen LogP contribution in [0, 0.1) is 0 Å². The number of carbonyl (C=O) groups is 2. The molecule has 0 aromatic heterocycles. The van der Waals surface area contributed by atoms with Crippen LogP contribution in [0.5, 0.6) is 0 Å². The summed E-state index contributed by atoms with van der Waals surface area (Å²) in [7, 11) is 0. The van der Waals surface area contributed by atoms with Crippen LogP contribution in [-0.4, -0.2) is 39.5 Å². The van der Waals surface area contributed by atoms with Gasteiger partial charge < -0.3 is 15.7 Å². The Morgan fingerprint density at radius 1 is 1.28 bits per heavy atom. The zero-order valence-corrected chi connectivity index (χ0v) is 11.5. The van der Waals surface area contributed by atoms with Crippen molar-refractivity contribution in [3.63, 3.8) is 0 Å². The van der Waals surface area contributed by atoms with E-state index in [-0.39, 0.29) is 18.9 Å². The molecule has 0 atom stereocenters. The smallest absolute Gasteiger partial charge is 0.305 e. The van der Waals surface area contributed by atoms with Gasteiger partial charge in [0.1, 0.15) is 0 Å². The van der Waals surface area contributed by atoms with Crippen molar-refractivity contribution in [3.05, 3.63) is 0 Å². The van der Waals surface area contributed by atoms with Crippen molar-refractivity contribution in [2.45, 2.75) is 64.0 Å². The van der Waals surface area contributed by atoms with Crippen molar-refractivity contribution in [1.82, 2.24) is 4.90 Å². The van der Waals surface area contributed by atoms with Crippen LogP contribution in [-0.2, 0) is 9.59 Å². The maximum atomic E-state index is 12.5. The fourth-order valence-electron chi connectivity index (χ4n) is 2.44. The molecule has 1 amide bonds. The molecular formula is C13H24N2O3. The number of carboxylic acids is 1. The summed E-state index contributed by atoms with van der Waals surface area (Å²) in [6.45, 7) is 5.94. The average molecular weight is 256 g/mol. The Morgan fingerprint density at radius 3 is 2.17 bits per heavy atom. The van der Waals surface area contributed by atoms with Gasteiger partial charge in [0, 0.05) is 12.1 Å². The van der Waals surface area contributed by atoms with Gasteiger partial charge in [-0.25, -0.2) is 0 Å². The van der Waals surface area contributed by atoms with E-state index >= 15 is 0 Å². The first-order chi connectivity index (χ1) is 8.17. The highest BCUT2D eigenvalue weighted by Gasteiger charge is 2.42. The molecule has 0 bridgehead atoms. The van der Waals surface area contributed by atoms with Crippen LogP contribution < -0.4 is 5.73 Å². The predicted molar refractivity (Wildman–Crippen MR) is 69.1 cm³/mol. The molecule has 5 nitrogen and oxygen atoms in total. The Bertz CT molecular complexity index is 328. The van der Waals surface area contributed by atoms with Crippen molar-refractivity contribution in [1.29, 1.82) is 0 Å². The number of nitrogens with two attached hydrogens (primary N) is 1. The van der Waals surface area contributed by atoms with Gasteiger partial charge in [-0.15, -0.1) is 0 Å². The van der Waals surface area contributed by atoms with Gasteiger partial charge in [-0.3, -0.25) is 9.59 Å². The van der Waals surface area contributed by atoms with Gasteiger partial charge in [-0.1, -0.05) is 12.8 Å². The highest BCUT2D eigenvalue weighted by Crippen LogP contribution is 2.31. The first-order valence-corrected chi connectivity index (χ1v) is 6.49. The molecule has 0 unspecified atom stereocenters. The minimum absolute atomic E-state index is 0.0426. The lowest BCUT2D eigenvalue weighted by Crippen LogP contribution is -2.59. The fraction of sp³-hybridized carbons (Fsp3) is 0.846. The van der Waals surface area contributed by atoms with E-state index in [0.717, 1.165) is 12.8 Å². The maximum Gasteiger partial charge on any atom is 0.305 e. The molecule has 0 radical (unpaired) electrons. The summed E-state index contributed by atoms with van der Waals surface area (Å²) < 4.78 is 0. The summed E-state index contributed by atoms with van der Waals surface area (Å²) in [5.74, 6) is -0.997. The zero-order valence-electron chi connectivity index (χ0n) is 11.5. The fourth-order valence-corrected chi connectivity index (χ4v) is 2.44. The largest absolute Gasteiger partial charge is 0.481 e. The Morgan fingerprint density at radius 2 is 1.78 bits per heavy atom. The maximum absolute atomic E-state index is 12.5. The van der Waals surface area contributed by atoms with Crippen LogP contribution in [0.2, 0.25) is 0 Å². The van der Waals surface area contributed by atoms with E-state index in [0.29, 0.717) is 12.8 Å². The molecule has 0 aromatic carbocycles. The SMILES string of the molecule is CC(C)(C)N(CCC(=O)O)C(=O)C1(N)CCCC1. The van der Waals surface area contributed by atoms with Gasteiger partial charge in [0.15, 0.2) is 0 Å². The minimum Gasteiger partial charge on any atom is -0.481 e. The Labute approximate surface area is 108 Å². The van der Waals surface area contributed by atoms with Crippen LogP contribution in [0.1, 0.15) is 52.9 Å². The number of aliphatic carboxylic acids is 1. The first kappa shape index (κ1) is 15.0. The minimum atomic E-state index is -0.894. The average Bonchev–Trinajstić information content (AvgIpc) is 2.64. The van der Waals surface area contributed by atoms with E-state index in [1.807, 2.05) is 20.8 Å². The van der Waals surface area contributed by atoms with Gasteiger partial charge in [-0.2, -0.15) is 0 Å². The first-order valence-electron chi connectivity index (χ1n) is 6.49. The Hall–Kier alpha value is -1.10. The van der Waals surface area contributed by atoms with Crippen molar-refractivity contribution in [3.8, 4) is 0 Å². The summed E-state index contributed by atoms with van der Waals surface area (Å²) in [6.07, 6.45) is 3.30. The number of carboxylic acid groups (broad SMARTS) is 1. The van der Waals surface area contributed by atoms with E-state index in [2.05, 4.69) is 0 Å². The number of hydrogen-bond acceptors (Lipinski definition) is 3. The normalized spacial score (nSPS) is 18.7. The summed E-state index contributed by atoms with van der Waals surface area (Å²) in [4.78, 5) is 24.8. The lowest BCUT2D eigenvalue weighted by molar-refractivity contribution is -0.144. The third-order valence-corrected chi connectivity index (χ3v) is 3.53. The van der Waals surface area contributed by atoms with Crippen molar-refractivity contribution in [2.75, 3.05) is 6.54 Å². The van der Waals surface area contributed by atoms with Gasteiger partial charge in [0.05, 0.1) is 12.0 Å². The lowest BCUT2D eigenvalue weighted by Gasteiger charge is -2.40. The molecule has 3 N–H and O–H groups in total. The van der Waals surface area contributed by atoms with Crippen LogP contribution >= 0.6 is 0 Å². The van der Waals surface area contributed by atoms with Crippen LogP contribution in [0.4, 0.5) is 0 Å². The molecule has 0 aliphatic heterocycles. The van der Waals surface area contributed by atoms with Gasteiger partial charge in [-0.05, 0) is 33.6 Å². The quantitative estimate of drug-likeness (QED) is 0.795. The third kappa shape index (κ3) is 3.45. The van der Waals surface area contributed by atoms with Gasteiger partial charge >= 0.3 is 5.97 Å². The Kier molecular flexibility index (Phi) is 4.37. The second-order valence-electron chi connectivity index (χ2n) is 6.13. The van der Waals surface area contributed by atoms with Gasteiger partial charge in [0.2, 0.25) is 5.91 Å². The number of nitrogens with zero attached hydrogens (tertiary/aromatic N) is 1. The summed E-state index contributed by atoms with van der Waals surface area (Å²) in [5, 5.41) is 8.77. The molecule has 0 spiro atoms. The summed E-state index contributed by atoms with van der Waals surface area (Å²) in [6, 6.07) is 0. The highest BCUT2D eigenvalue weighted by molar-refractivity contribution is 5.87. The van der Waals surface area contributed by atoms with E-state index in [1.165, 1.54) is 0 Å². The topological polar surface area (TPSA) is 83.6 Å². The standard InChI is InChI=1S/C13H24N2O3/c1-12(2,3)15(9-6-10(16)17)11(18)13(14)7-4-5-8-13/h4-9,14H2,1-3H3,(H,16,17). The molecule has 0 saturated heterocycles. The number of amides is 1. The molecule has 18 heavy (non-hydrogen) atoms. The number of carbonyl (C=O) groups excluding carboxylic acids is 1. The Balaban J connectivity index is 2.82. The van der Waals surface area contributed by atoms with Crippen molar-refractivity contribution in [2.24, 2.45) is 5.73 Å². The van der Waals surface area contributed by atoms with Crippen LogP contribution in [0.25, 0.3) is 0 Å². The summed E-state index contributed by atoms with van der Waals surface area (Å²) >= 11 is 0. The monoisotopic (exact) mass is 256 g/mol. The van der Waals surface area contributed by atoms with Gasteiger partial charge in [0.25, 0.3) is 0 Å². The van der Waals surface area contributed by atoms with Crippen LogP contribution in [0.3, 0.4) is 0 Å². The highest BCUT2D eigenvalue weighted by atomic mass is 16.4. The molecule has 0 heterocycles. The van der Waals surface area contributed by atoms with E-state index < -0.39 is 17.0 Å². The molecule has 5 heteroatoms. The predicted octanol–water partition coefficient (Wildman–Crippen LogP) is 1.36. The van der Waals surface area contributed by atoms with E-state index in [4.69, 9.17) is 10.8 Å². The van der Waals surface area contributed by atoms with Crippen molar-refractivity contribution >= 4 is 11.9 Å². The second kappa shape index (κ2) is 5.26. The molecule has 0 aromatic rings. The van der Waals surface area contributed by atoms with Crippen molar-refractivity contribution < 1.29 is 14.7 Å². The molecule has 1 rings (SSSR count). The molecule has 1 aliphatic carbocycles. The lowest BCUT2D eigenvalue weighted by atomic mass is 9.93. The zero-order chi connectivity index (χ0) is 14.0. The van der Waals surface area contributed by atoms with E-state index in [1.54, 1.807) is 4.90 Å². The molecule has 104 valence electrons. The number of hydrogen-bond donors (Lipinski definition) is 2. The molecule has 1 fully saturated rings. The van der Waals surface area contributed by atoms with Crippen LogP contribution in [0.15, 0.2) is 0 Å². The van der Waals surface area contributed by atoms with E-state index in [9.17, 15) is 9.59 Å². The second-order valence-corrected chi connectivity index (χ2v) is 6.13.